The molecule has 0 saturated carbocycles. The first kappa shape index (κ1) is 25.5. The van der Waals surface area contributed by atoms with Crippen molar-refractivity contribution in [3.63, 3.8) is 0 Å². The number of anilines is 1. The Morgan fingerprint density at radius 1 is 0.846 bits per heavy atom. The summed E-state index contributed by atoms with van der Waals surface area (Å²) in [6.45, 7) is 10.2. The van der Waals surface area contributed by atoms with E-state index in [1.54, 1.807) is 12.1 Å². The first-order valence-electron chi connectivity index (χ1n) is 14.2. The number of fused-ring (bicyclic) bond motifs is 1. The molecular formula is C33H38N4O2. The largest absolute Gasteiger partial charge is 0.508 e. The molecule has 6 rings (SSSR count). The topological polar surface area (TPSA) is 62.8 Å². The fraction of sp³-hybridized carbons (Fsp3) is 0.364. The van der Waals surface area contributed by atoms with Gasteiger partial charge in [0, 0.05) is 54.9 Å². The van der Waals surface area contributed by atoms with Gasteiger partial charge in [-0.15, -0.1) is 0 Å². The minimum Gasteiger partial charge on any atom is -0.508 e. The van der Waals surface area contributed by atoms with Crippen molar-refractivity contribution in [2.75, 3.05) is 44.2 Å². The predicted molar refractivity (Wildman–Crippen MR) is 158 cm³/mol. The number of carbonyl (C=O) groups is 1. The number of H-pyrrole nitrogens is 1. The Morgan fingerprint density at radius 3 is 2.21 bits per heavy atom. The number of likely N-dealkylation sites (tertiary alicyclic amines) is 1. The maximum atomic E-state index is 13.9. The number of rotatable bonds is 5. The summed E-state index contributed by atoms with van der Waals surface area (Å²) in [7, 11) is 0. The molecule has 3 heterocycles. The van der Waals surface area contributed by atoms with E-state index < -0.39 is 0 Å². The number of carbonyl (C=O) groups excluding carboxylic acids is 1. The summed E-state index contributed by atoms with van der Waals surface area (Å²) in [5, 5.41) is 10.8. The lowest BCUT2D eigenvalue weighted by molar-refractivity contribution is 0.0739. The Kier molecular flexibility index (Phi) is 7.05. The van der Waals surface area contributed by atoms with Crippen LogP contribution < -0.4 is 4.90 Å². The van der Waals surface area contributed by atoms with Crippen molar-refractivity contribution < 1.29 is 9.90 Å². The van der Waals surface area contributed by atoms with E-state index in [0.29, 0.717) is 19.0 Å². The quantitative estimate of drug-likeness (QED) is 0.346. The molecule has 0 spiro atoms. The summed E-state index contributed by atoms with van der Waals surface area (Å²) in [6, 6.07) is 22.3. The molecule has 0 radical (unpaired) electrons. The summed E-state index contributed by atoms with van der Waals surface area (Å²) in [5.41, 5.74) is 8.33. The number of amides is 1. The predicted octanol–water partition coefficient (Wildman–Crippen LogP) is 5.83. The molecule has 2 fully saturated rings. The number of aryl methyl sites for hydroxylation is 2. The van der Waals surface area contributed by atoms with Crippen LogP contribution in [0.3, 0.4) is 0 Å². The zero-order valence-electron chi connectivity index (χ0n) is 23.0. The molecular weight excluding hydrogens is 484 g/mol. The lowest BCUT2D eigenvalue weighted by atomic mass is 9.84. The van der Waals surface area contributed by atoms with Gasteiger partial charge in [-0.25, -0.2) is 0 Å². The number of phenols is 1. The Labute approximate surface area is 230 Å². The van der Waals surface area contributed by atoms with E-state index in [1.807, 2.05) is 23.1 Å². The van der Waals surface area contributed by atoms with Crippen molar-refractivity contribution in [3.05, 3.63) is 94.7 Å². The number of nitrogens with one attached hydrogen (secondary N) is 1. The Balaban J connectivity index is 1.17. The van der Waals surface area contributed by atoms with Crippen molar-refractivity contribution in [2.24, 2.45) is 0 Å². The van der Waals surface area contributed by atoms with Crippen molar-refractivity contribution in [2.45, 2.75) is 39.2 Å². The summed E-state index contributed by atoms with van der Waals surface area (Å²) in [6.07, 6.45) is 2.30. The van der Waals surface area contributed by atoms with Gasteiger partial charge in [-0.2, -0.15) is 0 Å². The highest BCUT2D eigenvalue weighted by Gasteiger charge is 2.29. The normalized spacial score (nSPS) is 17.2. The molecule has 6 heteroatoms. The van der Waals surface area contributed by atoms with E-state index in [-0.39, 0.29) is 11.7 Å². The number of phenolic OH excluding ortho intramolecular Hbond substituents is 1. The molecule has 39 heavy (non-hydrogen) atoms. The highest BCUT2D eigenvalue weighted by Crippen LogP contribution is 2.34. The first-order chi connectivity index (χ1) is 19.0. The second kappa shape index (κ2) is 10.8. The number of hydrogen-bond acceptors (Lipinski definition) is 4. The highest BCUT2D eigenvalue weighted by molar-refractivity contribution is 6.01. The van der Waals surface area contributed by atoms with Gasteiger partial charge < -0.3 is 19.9 Å². The van der Waals surface area contributed by atoms with Crippen molar-refractivity contribution in [1.82, 2.24) is 14.8 Å². The number of aromatic hydroxyl groups is 1. The Hall–Kier alpha value is -3.77. The van der Waals surface area contributed by atoms with E-state index in [2.05, 4.69) is 65.0 Å². The van der Waals surface area contributed by atoms with Crippen molar-refractivity contribution in [3.8, 4) is 5.75 Å². The van der Waals surface area contributed by atoms with Gasteiger partial charge >= 0.3 is 0 Å². The van der Waals surface area contributed by atoms with Gasteiger partial charge in [0.25, 0.3) is 5.91 Å². The van der Waals surface area contributed by atoms with Gasteiger partial charge in [0.2, 0.25) is 0 Å². The van der Waals surface area contributed by atoms with Crippen LogP contribution in [0.2, 0.25) is 0 Å². The van der Waals surface area contributed by atoms with Gasteiger partial charge in [-0.3, -0.25) is 9.69 Å². The molecule has 0 unspecified atom stereocenters. The molecule has 1 aromatic heterocycles. The van der Waals surface area contributed by atoms with Gasteiger partial charge in [-0.1, -0.05) is 36.4 Å². The van der Waals surface area contributed by atoms with E-state index in [9.17, 15) is 9.90 Å². The molecule has 0 bridgehead atoms. The standard InChI is InChI=1S/C33H38N4O2/c1-23-6-5-7-24(2)31(23)25-14-16-35(17-15-25)22-29-28-8-3-4-9-30(28)34-32(29)33(39)37-20-18-36(19-21-37)26-10-12-27(38)13-11-26/h3-13,25,34,38H,14-22H2,1-2H3. The van der Waals surface area contributed by atoms with E-state index in [1.165, 1.54) is 16.7 Å². The summed E-state index contributed by atoms with van der Waals surface area (Å²) in [5.74, 6) is 0.974. The molecule has 2 aliphatic heterocycles. The summed E-state index contributed by atoms with van der Waals surface area (Å²) >= 11 is 0. The van der Waals surface area contributed by atoms with Crippen LogP contribution >= 0.6 is 0 Å². The number of piperazine rings is 1. The maximum absolute atomic E-state index is 13.9. The van der Waals surface area contributed by atoms with Gasteiger partial charge in [0.15, 0.2) is 0 Å². The summed E-state index contributed by atoms with van der Waals surface area (Å²) in [4.78, 5) is 24.1. The van der Waals surface area contributed by atoms with Crippen LogP contribution in [0.4, 0.5) is 5.69 Å². The molecule has 2 N–H and O–H groups in total. The molecule has 1 amide bonds. The second-order valence-corrected chi connectivity index (χ2v) is 11.2. The number of aromatic nitrogens is 1. The molecule has 6 nitrogen and oxygen atoms in total. The van der Waals surface area contributed by atoms with Crippen LogP contribution in [0, 0.1) is 13.8 Å². The van der Waals surface area contributed by atoms with Crippen molar-refractivity contribution in [1.29, 1.82) is 0 Å². The van der Waals surface area contributed by atoms with Crippen LogP contribution in [0.15, 0.2) is 66.7 Å². The highest BCUT2D eigenvalue weighted by atomic mass is 16.3. The van der Waals surface area contributed by atoms with Gasteiger partial charge in [0.1, 0.15) is 11.4 Å². The zero-order valence-corrected chi connectivity index (χ0v) is 23.0. The van der Waals surface area contributed by atoms with E-state index in [4.69, 9.17) is 0 Å². The molecule has 202 valence electrons. The smallest absolute Gasteiger partial charge is 0.270 e. The van der Waals surface area contributed by atoms with Crippen LogP contribution in [-0.4, -0.2) is 65.1 Å². The fourth-order valence-electron chi connectivity index (χ4n) is 6.61. The van der Waals surface area contributed by atoms with Gasteiger partial charge in [-0.05, 0) is 92.7 Å². The monoisotopic (exact) mass is 522 g/mol. The van der Waals surface area contributed by atoms with Crippen LogP contribution in [0.25, 0.3) is 10.9 Å². The zero-order chi connectivity index (χ0) is 26.9. The van der Waals surface area contributed by atoms with E-state index >= 15 is 0 Å². The summed E-state index contributed by atoms with van der Waals surface area (Å²) < 4.78 is 0. The second-order valence-electron chi connectivity index (χ2n) is 11.2. The lowest BCUT2D eigenvalue weighted by Gasteiger charge is -2.36. The van der Waals surface area contributed by atoms with Crippen molar-refractivity contribution >= 4 is 22.5 Å². The molecule has 0 atom stereocenters. The lowest BCUT2D eigenvalue weighted by Crippen LogP contribution is -2.49. The molecule has 4 aromatic rings. The van der Waals surface area contributed by atoms with Crippen LogP contribution in [0.1, 0.15) is 51.5 Å². The SMILES string of the molecule is Cc1cccc(C)c1C1CCN(Cc2c(C(=O)N3CCN(c4ccc(O)cc4)CC3)[nH]c3ccccc23)CC1. The van der Waals surface area contributed by atoms with Crippen LogP contribution in [-0.2, 0) is 6.54 Å². The molecule has 2 aliphatic rings. The number of hydrogen-bond donors (Lipinski definition) is 2. The minimum absolute atomic E-state index is 0.0944. The maximum Gasteiger partial charge on any atom is 0.270 e. The number of nitrogens with zero attached hydrogens (tertiary/aromatic N) is 3. The molecule has 3 aromatic carbocycles. The number of benzene rings is 3. The number of aromatic amines is 1. The number of piperidine rings is 1. The minimum atomic E-state index is 0.0944. The Morgan fingerprint density at radius 2 is 1.51 bits per heavy atom. The average molecular weight is 523 g/mol. The number of para-hydroxylation sites is 1. The van der Waals surface area contributed by atoms with E-state index in [0.717, 1.165) is 73.4 Å². The Bertz CT molecular complexity index is 1440. The first-order valence-corrected chi connectivity index (χ1v) is 14.2. The molecule has 0 aliphatic carbocycles. The van der Waals surface area contributed by atoms with Gasteiger partial charge in [0.05, 0.1) is 0 Å². The third-order valence-corrected chi connectivity index (χ3v) is 8.73. The third-order valence-electron chi connectivity index (χ3n) is 8.73. The molecule has 2 saturated heterocycles. The van der Waals surface area contributed by atoms with Crippen LogP contribution in [0.5, 0.6) is 5.75 Å². The average Bonchev–Trinajstić information content (AvgIpc) is 3.32. The third kappa shape index (κ3) is 5.13. The fourth-order valence-corrected chi connectivity index (χ4v) is 6.61.